The lowest BCUT2D eigenvalue weighted by Crippen LogP contribution is -2.70. The van der Waals surface area contributed by atoms with Gasteiger partial charge in [0.25, 0.3) is 11.8 Å². The maximum Gasteiger partial charge on any atom is 0.352 e. The topological polar surface area (TPSA) is 121 Å². The summed E-state index contributed by atoms with van der Waals surface area (Å²) in [7, 11) is 1.29. The second kappa shape index (κ2) is 6.40. The lowest BCUT2D eigenvalue weighted by molar-refractivity contribution is -0.150. The largest absolute Gasteiger partial charge is 0.477 e. The minimum absolute atomic E-state index is 0.0638. The normalized spacial score (nSPS) is 23.0. The lowest BCUT2D eigenvalue weighted by Gasteiger charge is -2.48. The van der Waals surface area contributed by atoms with Gasteiger partial charge < -0.3 is 19.7 Å². The van der Waals surface area contributed by atoms with E-state index in [1.807, 2.05) is 0 Å². The molecule has 10 heteroatoms. The van der Waals surface area contributed by atoms with Gasteiger partial charge >= 0.3 is 5.97 Å². The number of hydrogen-bond donors (Lipinski definition) is 2. The number of carbonyl (C=O) groups excluding carboxylic acids is 2. The number of nitrogens with one attached hydrogen (secondary N) is 1. The van der Waals surface area contributed by atoms with Crippen molar-refractivity contribution in [3.63, 3.8) is 0 Å². The highest BCUT2D eigenvalue weighted by Gasteiger charge is 2.53. The van der Waals surface area contributed by atoms with Crippen LogP contribution in [0.4, 0.5) is 0 Å². The van der Waals surface area contributed by atoms with Crippen LogP contribution in [0.3, 0.4) is 0 Å². The molecule has 1 saturated heterocycles. The molecule has 3 rings (SSSR count). The van der Waals surface area contributed by atoms with Crippen LogP contribution in [0, 0.1) is 0 Å². The Labute approximate surface area is 140 Å². The quantitative estimate of drug-likeness (QED) is 0.435. The van der Waals surface area contributed by atoms with Crippen LogP contribution in [-0.4, -0.2) is 57.8 Å². The molecule has 1 unspecified atom stereocenters. The monoisotopic (exact) mass is 351 g/mol. The third-order valence-electron chi connectivity index (χ3n) is 3.50. The lowest BCUT2D eigenvalue weighted by atomic mass is 10.0. The summed E-state index contributed by atoms with van der Waals surface area (Å²) in [4.78, 5) is 41.6. The van der Waals surface area contributed by atoms with E-state index in [9.17, 15) is 14.4 Å². The van der Waals surface area contributed by atoms with Gasteiger partial charge in [-0.2, -0.15) is 0 Å². The van der Waals surface area contributed by atoms with Gasteiger partial charge in [-0.3, -0.25) is 14.5 Å². The number of hydrogen-bond acceptors (Lipinski definition) is 7. The molecule has 2 aliphatic rings. The van der Waals surface area contributed by atoms with E-state index in [2.05, 4.69) is 15.3 Å². The molecule has 1 aromatic rings. The van der Waals surface area contributed by atoms with Gasteiger partial charge in [0.15, 0.2) is 5.76 Å². The average molecular weight is 351 g/mol. The predicted octanol–water partition coefficient (Wildman–Crippen LogP) is -0.00150. The van der Waals surface area contributed by atoms with Gasteiger partial charge in [-0.15, -0.1) is 11.8 Å². The molecular formula is C14H13N3O6S. The first-order valence-corrected chi connectivity index (χ1v) is 7.93. The summed E-state index contributed by atoms with van der Waals surface area (Å²) in [5, 5.41) is 14.8. The molecule has 24 heavy (non-hydrogen) atoms. The van der Waals surface area contributed by atoms with Crippen LogP contribution in [0.25, 0.3) is 0 Å². The van der Waals surface area contributed by atoms with Gasteiger partial charge in [0.2, 0.25) is 5.71 Å². The maximum absolute atomic E-state index is 12.4. The number of oxime groups is 1. The molecule has 2 amide bonds. The summed E-state index contributed by atoms with van der Waals surface area (Å²) in [5.74, 6) is -1.65. The number of amides is 2. The zero-order chi connectivity index (χ0) is 17.3. The fourth-order valence-corrected chi connectivity index (χ4v) is 3.65. The number of fused-ring (bicyclic) bond motifs is 1. The van der Waals surface area contributed by atoms with Crippen molar-refractivity contribution in [1.82, 2.24) is 10.2 Å². The zero-order valence-corrected chi connectivity index (χ0v) is 13.3. The van der Waals surface area contributed by atoms with Gasteiger partial charge in [0, 0.05) is 5.75 Å². The zero-order valence-electron chi connectivity index (χ0n) is 12.5. The summed E-state index contributed by atoms with van der Waals surface area (Å²) in [6.45, 7) is 0. The first kappa shape index (κ1) is 16.1. The van der Waals surface area contributed by atoms with E-state index in [0.29, 0.717) is 5.75 Å². The first-order chi connectivity index (χ1) is 11.5. The summed E-state index contributed by atoms with van der Waals surface area (Å²) in [5.41, 5.74) is -0.172. The van der Waals surface area contributed by atoms with E-state index in [-0.39, 0.29) is 17.2 Å². The molecule has 1 aromatic heterocycles. The van der Waals surface area contributed by atoms with Crippen LogP contribution in [-0.2, 0) is 19.2 Å². The van der Waals surface area contributed by atoms with Crippen LogP contribution < -0.4 is 5.32 Å². The highest BCUT2D eigenvalue weighted by molar-refractivity contribution is 8.00. The Balaban J connectivity index is 1.74. The van der Waals surface area contributed by atoms with Crippen molar-refractivity contribution < 1.29 is 28.7 Å². The van der Waals surface area contributed by atoms with E-state index < -0.39 is 29.2 Å². The Bertz CT molecular complexity index is 742. The molecule has 0 bridgehead atoms. The Morgan fingerprint density at radius 3 is 2.96 bits per heavy atom. The van der Waals surface area contributed by atoms with Crippen molar-refractivity contribution in [3.8, 4) is 0 Å². The second-order valence-electron chi connectivity index (χ2n) is 4.88. The van der Waals surface area contributed by atoms with E-state index in [4.69, 9.17) is 9.52 Å². The van der Waals surface area contributed by atoms with Crippen molar-refractivity contribution in [1.29, 1.82) is 0 Å². The Kier molecular flexibility index (Phi) is 4.30. The Morgan fingerprint density at radius 1 is 1.54 bits per heavy atom. The number of aliphatic carboxylic acids is 1. The highest BCUT2D eigenvalue weighted by Crippen LogP contribution is 2.37. The molecule has 2 N–H and O–H groups in total. The molecule has 1 fully saturated rings. The molecule has 3 heterocycles. The molecule has 126 valence electrons. The molecule has 0 radical (unpaired) electrons. The summed E-state index contributed by atoms with van der Waals surface area (Å²) in [6, 6.07) is 2.29. The van der Waals surface area contributed by atoms with Gasteiger partial charge in [0.05, 0.1) is 6.26 Å². The summed E-state index contributed by atoms with van der Waals surface area (Å²) in [6.07, 6.45) is 2.85. The van der Waals surface area contributed by atoms with Crippen molar-refractivity contribution in [3.05, 3.63) is 35.9 Å². The molecule has 0 spiro atoms. The van der Waals surface area contributed by atoms with E-state index in [1.165, 1.54) is 42.2 Å². The molecular weight excluding hydrogens is 338 g/mol. The number of thioether (sulfide) groups is 1. The molecule has 2 aliphatic heterocycles. The van der Waals surface area contributed by atoms with E-state index in [0.717, 1.165) is 0 Å². The highest BCUT2D eigenvalue weighted by atomic mass is 32.2. The Morgan fingerprint density at radius 2 is 2.33 bits per heavy atom. The minimum atomic E-state index is -1.17. The molecule has 0 saturated carbocycles. The molecule has 9 nitrogen and oxygen atoms in total. The SMILES string of the molecule is CON=C(C(=O)NC1C(=O)N2C(C(=O)O)=CCS[C@@H]12)c1ccco1. The number of β-lactam (4-membered cyclic amide) rings is 1. The van der Waals surface area contributed by atoms with Crippen LogP contribution >= 0.6 is 11.8 Å². The van der Waals surface area contributed by atoms with Gasteiger partial charge in [-0.1, -0.05) is 5.16 Å². The number of carbonyl (C=O) groups is 3. The van der Waals surface area contributed by atoms with E-state index >= 15 is 0 Å². The predicted molar refractivity (Wildman–Crippen MR) is 83.0 cm³/mol. The van der Waals surface area contributed by atoms with Crippen LogP contribution in [0.15, 0.2) is 39.7 Å². The van der Waals surface area contributed by atoms with Gasteiger partial charge in [-0.05, 0) is 18.2 Å². The third kappa shape index (κ3) is 2.64. The van der Waals surface area contributed by atoms with Crippen LogP contribution in [0.2, 0.25) is 0 Å². The van der Waals surface area contributed by atoms with Crippen molar-refractivity contribution in [2.24, 2.45) is 5.16 Å². The Hall–Kier alpha value is -2.75. The molecule has 2 atom stereocenters. The fourth-order valence-electron chi connectivity index (χ4n) is 2.45. The average Bonchev–Trinajstić information content (AvgIpc) is 3.10. The smallest absolute Gasteiger partial charge is 0.352 e. The van der Waals surface area contributed by atoms with E-state index in [1.54, 1.807) is 6.07 Å². The van der Waals surface area contributed by atoms with Crippen molar-refractivity contribution >= 4 is 35.3 Å². The van der Waals surface area contributed by atoms with Crippen LogP contribution in [0.5, 0.6) is 0 Å². The number of furan rings is 1. The number of rotatable bonds is 5. The maximum atomic E-state index is 12.4. The fraction of sp³-hybridized carbons (Fsp3) is 0.286. The van der Waals surface area contributed by atoms with Gasteiger partial charge in [0.1, 0.15) is 24.2 Å². The molecule has 0 aliphatic carbocycles. The standard InChI is InChI=1S/C14H13N3O6S/c1-22-16-9(8-3-2-5-23-8)11(18)15-10-12(19)17-7(14(20)21)4-6-24-13(10)17/h2-5,10,13H,6H2,1H3,(H,15,18)(H,20,21)/t10?,13-/m0/s1. The first-order valence-electron chi connectivity index (χ1n) is 6.88. The number of nitrogens with zero attached hydrogens (tertiary/aromatic N) is 2. The molecule has 0 aromatic carbocycles. The third-order valence-corrected chi connectivity index (χ3v) is 4.69. The minimum Gasteiger partial charge on any atom is -0.477 e. The number of carboxylic acid groups (broad SMARTS) is 1. The van der Waals surface area contributed by atoms with Crippen molar-refractivity contribution in [2.45, 2.75) is 11.4 Å². The van der Waals surface area contributed by atoms with Crippen LogP contribution in [0.1, 0.15) is 5.76 Å². The van der Waals surface area contributed by atoms with Crippen molar-refractivity contribution in [2.75, 3.05) is 12.9 Å². The van der Waals surface area contributed by atoms with Gasteiger partial charge in [-0.25, -0.2) is 4.79 Å². The second-order valence-corrected chi connectivity index (χ2v) is 6.03. The summed E-state index contributed by atoms with van der Waals surface area (Å²) < 4.78 is 5.13. The number of carboxylic acids is 1. The summed E-state index contributed by atoms with van der Waals surface area (Å²) >= 11 is 1.37.